The molecule has 3 rings (SSSR count). The van der Waals surface area contributed by atoms with Crippen LogP contribution in [0.1, 0.15) is 5.56 Å². The van der Waals surface area contributed by atoms with Crippen LogP contribution in [0.2, 0.25) is 0 Å². The number of nitrogens with zero attached hydrogens (tertiary/aromatic N) is 2. The van der Waals surface area contributed by atoms with Crippen LogP contribution in [-0.2, 0) is 9.84 Å². The Morgan fingerprint density at radius 1 is 1.12 bits per heavy atom. The summed E-state index contributed by atoms with van der Waals surface area (Å²) in [6.07, 6.45) is -3.66. The van der Waals surface area contributed by atoms with E-state index in [0.29, 0.717) is 11.4 Å². The number of aryl methyl sites for hydroxylation is 1. The van der Waals surface area contributed by atoms with E-state index in [2.05, 4.69) is 4.74 Å². The molecule has 1 heterocycles. The van der Waals surface area contributed by atoms with Crippen LogP contribution in [0.3, 0.4) is 0 Å². The summed E-state index contributed by atoms with van der Waals surface area (Å²) in [7, 11) is -3.94. The molecule has 0 saturated carbocycles. The molecule has 0 spiro atoms. The molecule has 26 heavy (non-hydrogen) atoms. The van der Waals surface area contributed by atoms with Crippen molar-refractivity contribution in [2.75, 3.05) is 4.90 Å². The second-order valence-electron chi connectivity index (χ2n) is 5.49. The predicted molar refractivity (Wildman–Crippen MR) is 87.3 cm³/mol. The standard InChI is InChI=1S/C17H11F3N2O3S/c1-11-2-7-16-15(8-11)22(10-14(9-21)26(16,23)24)12-3-5-13(6-4-12)25-17(18,19)20/h2-8,10H,1H3. The maximum atomic E-state index is 12.5. The van der Waals surface area contributed by atoms with Crippen molar-refractivity contribution in [3.8, 4) is 11.8 Å². The first-order chi connectivity index (χ1) is 12.1. The van der Waals surface area contributed by atoms with Crippen molar-refractivity contribution in [2.24, 2.45) is 0 Å². The number of fused-ring (bicyclic) bond motifs is 1. The minimum absolute atomic E-state index is 0.0437. The maximum absolute atomic E-state index is 12.5. The van der Waals surface area contributed by atoms with Crippen molar-refractivity contribution in [2.45, 2.75) is 18.2 Å². The first kappa shape index (κ1) is 17.8. The Morgan fingerprint density at radius 3 is 2.35 bits per heavy atom. The van der Waals surface area contributed by atoms with Crippen molar-refractivity contribution >= 4 is 21.2 Å². The van der Waals surface area contributed by atoms with E-state index in [0.717, 1.165) is 23.9 Å². The van der Waals surface area contributed by atoms with E-state index in [1.54, 1.807) is 25.1 Å². The SMILES string of the molecule is Cc1ccc2c(c1)N(c1ccc(OC(F)(F)F)cc1)C=C(C#N)S2(=O)=O. The Labute approximate surface area is 147 Å². The van der Waals surface area contributed by atoms with Gasteiger partial charge in [-0.15, -0.1) is 13.2 Å². The Hall–Kier alpha value is -2.99. The first-order valence-electron chi connectivity index (χ1n) is 7.24. The van der Waals surface area contributed by atoms with Crippen molar-refractivity contribution in [1.29, 1.82) is 5.26 Å². The van der Waals surface area contributed by atoms with E-state index in [1.165, 1.54) is 23.1 Å². The van der Waals surface area contributed by atoms with Crippen LogP contribution < -0.4 is 9.64 Å². The highest BCUT2D eigenvalue weighted by Gasteiger charge is 2.33. The summed E-state index contributed by atoms with van der Waals surface area (Å²) < 4.78 is 65.6. The van der Waals surface area contributed by atoms with Gasteiger partial charge >= 0.3 is 6.36 Å². The summed E-state index contributed by atoms with van der Waals surface area (Å²) >= 11 is 0. The molecule has 1 aliphatic rings. The van der Waals surface area contributed by atoms with Gasteiger partial charge in [0.15, 0.2) is 4.91 Å². The van der Waals surface area contributed by atoms with Crippen molar-refractivity contribution < 1.29 is 26.3 Å². The molecule has 0 bridgehead atoms. The van der Waals surface area contributed by atoms with E-state index in [4.69, 9.17) is 0 Å². The number of rotatable bonds is 2. The second kappa shape index (κ2) is 6.07. The number of halogens is 3. The third-order valence-corrected chi connectivity index (χ3v) is 5.36. The zero-order valence-corrected chi connectivity index (χ0v) is 14.1. The van der Waals surface area contributed by atoms with Crippen LogP contribution in [-0.4, -0.2) is 14.8 Å². The molecular formula is C17H11F3N2O3S. The second-order valence-corrected chi connectivity index (χ2v) is 7.38. The van der Waals surface area contributed by atoms with Gasteiger partial charge in [0.1, 0.15) is 11.8 Å². The van der Waals surface area contributed by atoms with E-state index in [1.807, 2.05) is 0 Å². The summed E-state index contributed by atoms with van der Waals surface area (Å²) in [5.74, 6) is -0.403. The van der Waals surface area contributed by atoms with Crippen molar-refractivity contribution in [1.82, 2.24) is 0 Å². The number of alkyl halides is 3. The van der Waals surface area contributed by atoms with Gasteiger partial charge in [-0.2, -0.15) is 5.26 Å². The van der Waals surface area contributed by atoms with E-state index in [-0.39, 0.29) is 4.90 Å². The molecule has 2 aromatic rings. The molecule has 0 N–H and O–H groups in total. The number of nitriles is 1. The monoisotopic (exact) mass is 380 g/mol. The molecule has 134 valence electrons. The molecule has 1 aliphatic heterocycles. The van der Waals surface area contributed by atoms with Crippen LogP contribution in [0.5, 0.6) is 5.75 Å². The maximum Gasteiger partial charge on any atom is 0.573 e. The van der Waals surface area contributed by atoms with Gasteiger partial charge in [-0.25, -0.2) is 8.42 Å². The first-order valence-corrected chi connectivity index (χ1v) is 8.73. The lowest BCUT2D eigenvalue weighted by atomic mass is 10.2. The average Bonchev–Trinajstić information content (AvgIpc) is 2.54. The molecule has 0 unspecified atom stereocenters. The van der Waals surface area contributed by atoms with Gasteiger partial charge in [0.05, 0.1) is 10.6 Å². The Bertz CT molecular complexity index is 1040. The number of hydrogen-bond donors (Lipinski definition) is 0. The minimum atomic E-state index is -4.81. The van der Waals surface area contributed by atoms with E-state index in [9.17, 15) is 26.9 Å². The number of anilines is 2. The van der Waals surface area contributed by atoms with Crippen molar-refractivity contribution in [3.63, 3.8) is 0 Å². The van der Waals surface area contributed by atoms with Gasteiger partial charge < -0.3 is 9.64 Å². The van der Waals surface area contributed by atoms with Gasteiger partial charge in [0, 0.05) is 11.9 Å². The molecule has 0 aromatic heterocycles. The number of sulfone groups is 1. The smallest absolute Gasteiger partial charge is 0.406 e. The average molecular weight is 380 g/mol. The molecule has 2 aromatic carbocycles. The lowest BCUT2D eigenvalue weighted by Crippen LogP contribution is -2.21. The molecule has 0 radical (unpaired) electrons. The van der Waals surface area contributed by atoms with Crippen LogP contribution in [0.15, 0.2) is 58.5 Å². The zero-order valence-electron chi connectivity index (χ0n) is 13.3. The van der Waals surface area contributed by atoms with Crippen LogP contribution >= 0.6 is 0 Å². The number of allylic oxidation sites excluding steroid dienone is 1. The van der Waals surface area contributed by atoms with Gasteiger partial charge in [-0.05, 0) is 48.9 Å². The normalized spacial score (nSPS) is 15.7. The highest BCUT2D eigenvalue weighted by Crippen LogP contribution is 2.40. The van der Waals surface area contributed by atoms with E-state index < -0.39 is 26.9 Å². The van der Waals surface area contributed by atoms with Gasteiger partial charge in [0.25, 0.3) is 0 Å². The number of benzene rings is 2. The third kappa shape index (κ3) is 3.23. The molecule has 0 atom stereocenters. The Balaban J connectivity index is 2.10. The fraction of sp³-hybridized carbons (Fsp3) is 0.118. The molecule has 0 saturated heterocycles. The Kier molecular flexibility index (Phi) is 4.16. The fourth-order valence-electron chi connectivity index (χ4n) is 2.53. The topological polar surface area (TPSA) is 70.4 Å². The molecule has 5 nitrogen and oxygen atoms in total. The fourth-order valence-corrected chi connectivity index (χ4v) is 3.81. The van der Waals surface area contributed by atoms with Crippen LogP contribution in [0, 0.1) is 18.3 Å². The molecule has 0 amide bonds. The quantitative estimate of drug-likeness (QED) is 0.782. The predicted octanol–water partition coefficient (Wildman–Crippen LogP) is 4.18. The summed E-state index contributed by atoms with van der Waals surface area (Å²) in [5.41, 5.74) is 1.48. The van der Waals surface area contributed by atoms with Gasteiger partial charge in [0.2, 0.25) is 9.84 Å². The molecule has 9 heteroatoms. The molecule has 0 fully saturated rings. The summed E-state index contributed by atoms with van der Waals surface area (Å²) in [5, 5.41) is 9.17. The molecule has 0 aliphatic carbocycles. The Morgan fingerprint density at radius 2 is 1.77 bits per heavy atom. The van der Waals surface area contributed by atoms with Gasteiger partial charge in [-0.1, -0.05) is 6.07 Å². The molecular weight excluding hydrogens is 369 g/mol. The highest BCUT2D eigenvalue weighted by atomic mass is 32.2. The van der Waals surface area contributed by atoms with E-state index >= 15 is 0 Å². The highest BCUT2D eigenvalue weighted by molar-refractivity contribution is 7.95. The summed E-state index contributed by atoms with van der Waals surface area (Å²) in [6, 6.07) is 11.2. The zero-order chi connectivity index (χ0) is 19.1. The van der Waals surface area contributed by atoms with Crippen LogP contribution in [0.25, 0.3) is 0 Å². The summed E-state index contributed by atoms with van der Waals surface area (Å²) in [6.45, 7) is 1.77. The van der Waals surface area contributed by atoms with Gasteiger partial charge in [-0.3, -0.25) is 0 Å². The third-order valence-electron chi connectivity index (χ3n) is 3.66. The summed E-state index contributed by atoms with van der Waals surface area (Å²) in [4.78, 5) is 0.946. The lowest BCUT2D eigenvalue weighted by molar-refractivity contribution is -0.274. The van der Waals surface area contributed by atoms with Crippen LogP contribution in [0.4, 0.5) is 24.5 Å². The number of hydrogen-bond acceptors (Lipinski definition) is 5. The largest absolute Gasteiger partial charge is 0.573 e. The number of ether oxygens (including phenoxy) is 1. The minimum Gasteiger partial charge on any atom is -0.406 e. The van der Waals surface area contributed by atoms with Crippen molar-refractivity contribution in [3.05, 3.63) is 59.1 Å². The lowest BCUT2D eigenvalue weighted by Gasteiger charge is -2.28.